The van der Waals surface area contributed by atoms with E-state index >= 15 is 0 Å². The van der Waals surface area contributed by atoms with Gasteiger partial charge in [0.15, 0.2) is 0 Å². The summed E-state index contributed by atoms with van der Waals surface area (Å²) in [6.45, 7) is 12.3. The van der Waals surface area contributed by atoms with Crippen LogP contribution in [-0.4, -0.2) is 22.1 Å². The van der Waals surface area contributed by atoms with E-state index in [2.05, 4.69) is 39.8 Å². The Morgan fingerprint density at radius 2 is 1.67 bits per heavy atom. The summed E-state index contributed by atoms with van der Waals surface area (Å²) in [5, 5.41) is 24.1. The zero-order valence-electron chi connectivity index (χ0n) is 20.2. The Morgan fingerprint density at radius 3 is 2.37 bits per heavy atom. The molecule has 2 N–H and O–H groups in total. The summed E-state index contributed by atoms with van der Waals surface area (Å²) in [5.74, 6) is 5.01. The minimum absolute atomic E-state index is 0.214. The van der Waals surface area contributed by atoms with E-state index in [0.717, 1.165) is 61.0 Å². The number of rotatable bonds is 5. The van der Waals surface area contributed by atoms with Gasteiger partial charge in [0.25, 0.3) is 0 Å². The van der Waals surface area contributed by atoms with Crippen LogP contribution in [0.5, 0.6) is 0 Å². The molecule has 0 aromatic carbocycles. The van der Waals surface area contributed by atoms with Gasteiger partial charge >= 0.3 is 0 Å². The largest absolute Gasteiger partial charge is 0.411 e. The van der Waals surface area contributed by atoms with Gasteiger partial charge in [-0.05, 0) is 97.7 Å². The first-order chi connectivity index (χ1) is 14.2. The number of oxime groups is 1. The van der Waals surface area contributed by atoms with Gasteiger partial charge in [-0.3, -0.25) is 0 Å². The van der Waals surface area contributed by atoms with Gasteiger partial charge in [0.05, 0.1) is 11.8 Å². The Morgan fingerprint density at radius 1 is 0.967 bits per heavy atom. The predicted octanol–water partition coefficient (Wildman–Crippen LogP) is 6.91. The molecule has 4 aliphatic carbocycles. The summed E-state index contributed by atoms with van der Waals surface area (Å²) < 4.78 is 0. The molecular formula is C27H47NO2. The molecule has 0 aromatic rings. The highest BCUT2D eigenvalue weighted by Gasteiger charge is 2.62. The molecule has 0 spiro atoms. The summed E-state index contributed by atoms with van der Waals surface area (Å²) in [6, 6.07) is 0. The molecule has 4 saturated carbocycles. The molecule has 3 heteroatoms. The smallest absolute Gasteiger partial charge is 0.0611 e. The summed E-state index contributed by atoms with van der Waals surface area (Å²) in [5.41, 5.74) is 1.69. The third-order valence-corrected chi connectivity index (χ3v) is 10.8. The lowest BCUT2D eigenvalue weighted by Gasteiger charge is -2.61. The van der Waals surface area contributed by atoms with Crippen LogP contribution >= 0.6 is 0 Å². The van der Waals surface area contributed by atoms with Crippen molar-refractivity contribution in [3.05, 3.63) is 0 Å². The van der Waals surface area contributed by atoms with Gasteiger partial charge in [0.2, 0.25) is 0 Å². The molecule has 3 nitrogen and oxygen atoms in total. The lowest BCUT2D eigenvalue weighted by molar-refractivity contribution is -0.0946. The van der Waals surface area contributed by atoms with Crippen molar-refractivity contribution in [1.29, 1.82) is 0 Å². The van der Waals surface area contributed by atoms with Crippen molar-refractivity contribution in [1.82, 2.24) is 0 Å². The zero-order valence-corrected chi connectivity index (χ0v) is 20.2. The summed E-state index contributed by atoms with van der Waals surface area (Å²) >= 11 is 0. The van der Waals surface area contributed by atoms with Crippen molar-refractivity contribution < 1.29 is 10.3 Å². The van der Waals surface area contributed by atoms with Gasteiger partial charge in [0.1, 0.15) is 0 Å². The topological polar surface area (TPSA) is 52.8 Å². The standard InChI is InChI=1S/C27H47NO2/c1-17(2)7-6-8-18(3)21-9-10-22-20-16-25(28-30)24-15-19(29)11-13-27(24,5)23(20)12-14-26(21,22)4/h17-24,29-30H,6-16H2,1-5H3/b28-25+/t18?,19?,20?,21?,22?,23?,24?,26-,27-/m1/s1. The minimum Gasteiger partial charge on any atom is -0.411 e. The molecule has 0 aliphatic heterocycles. The molecule has 7 unspecified atom stereocenters. The molecular weight excluding hydrogens is 370 g/mol. The van der Waals surface area contributed by atoms with Crippen LogP contribution in [0, 0.1) is 52.3 Å². The monoisotopic (exact) mass is 417 g/mol. The van der Waals surface area contributed by atoms with Crippen LogP contribution < -0.4 is 0 Å². The number of aliphatic hydroxyl groups excluding tert-OH is 1. The van der Waals surface area contributed by atoms with E-state index in [1.54, 1.807) is 0 Å². The lowest BCUT2D eigenvalue weighted by atomic mass is 9.44. The van der Waals surface area contributed by atoms with Crippen LogP contribution in [-0.2, 0) is 0 Å². The fourth-order valence-electron chi connectivity index (χ4n) is 9.18. The van der Waals surface area contributed by atoms with E-state index in [-0.39, 0.29) is 17.4 Å². The number of aliphatic hydroxyl groups is 1. The van der Waals surface area contributed by atoms with Crippen molar-refractivity contribution in [2.24, 2.45) is 57.4 Å². The van der Waals surface area contributed by atoms with E-state index < -0.39 is 0 Å². The zero-order chi connectivity index (χ0) is 21.7. The molecule has 0 radical (unpaired) electrons. The summed E-state index contributed by atoms with van der Waals surface area (Å²) in [7, 11) is 0. The SMILES string of the molecule is CC(C)CCCC(C)C1CCC2C3C/C(=N\O)C4CC(O)CC[C@]4(C)C3CC[C@]12C. The first kappa shape index (κ1) is 22.6. The number of hydrogen-bond donors (Lipinski definition) is 2. The van der Waals surface area contributed by atoms with E-state index in [0.29, 0.717) is 11.3 Å². The Balaban J connectivity index is 1.53. The first-order valence-electron chi connectivity index (χ1n) is 13.1. The van der Waals surface area contributed by atoms with Crippen molar-refractivity contribution in [2.45, 2.75) is 111 Å². The second kappa shape index (κ2) is 8.41. The molecule has 0 aromatic heterocycles. The maximum atomic E-state index is 10.3. The Hall–Kier alpha value is -0.570. The van der Waals surface area contributed by atoms with E-state index in [4.69, 9.17) is 0 Å². The van der Waals surface area contributed by atoms with Crippen LogP contribution in [0.15, 0.2) is 5.16 Å². The maximum absolute atomic E-state index is 10.3. The molecule has 4 rings (SSSR count). The lowest BCUT2D eigenvalue weighted by Crippen LogP contribution is -2.57. The van der Waals surface area contributed by atoms with Crippen LogP contribution in [0.4, 0.5) is 0 Å². The Kier molecular flexibility index (Phi) is 6.34. The molecule has 0 amide bonds. The number of fused-ring (bicyclic) bond motifs is 5. The van der Waals surface area contributed by atoms with Crippen LogP contribution in [0.2, 0.25) is 0 Å². The number of hydrogen-bond acceptors (Lipinski definition) is 3. The van der Waals surface area contributed by atoms with E-state index in [1.165, 1.54) is 44.9 Å². The fourth-order valence-corrected chi connectivity index (χ4v) is 9.18. The van der Waals surface area contributed by atoms with E-state index in [9.17, 15) is 10.3 Å². The third-order valence-electron chi connectivity index (χ3n) is 10.8. The van der Waals surface area contributed by atoms with E-state index in [1.807, 2.05) is 0 Å². The van der Waals surface area contributed by atoms with Crippen LogP contribution in [0.3, 0.4) is 0 Å². The molecule has 9 atom stereocenters. The van der Waals surface area contributed by atoms with Gasteiger partial charge in [-0.2, -0.15) is 0 Å². The van der Waals surface area contributed by atoms with Crippen LogP contribution in [0.25, 0.3) is 0 Å². The van der Waals surface area contributed by atoms with Crippen molar-refractivity contribution in [2.75, 3.05) is 0 Å². The molecule has 0 heterocycles. The van der Waals surface area contributed by atoms with Gasteiger partial charge in [-0.1, -0.05) is 59.0 Å². The molecule has 4 aliphatic rings. The van der Waals surface area contributed by atoms with Gasteiger partial charge in [0, 0.05) is 5.92 Å². The van der Waals surface area contributed by atoms with Gasteiger partial charge in [-0.25, -0.2) is 0 Å². The normalized spacial score (nSPS) is 48.3. The highest BCUT2D eigenvalue weighted by molar-refractivity contribution is 5.88. The van der Waals surface area contributed by atoms with Crippen LogP contribution in [0.1, 0.15) is 105 Å². The molecule has 172 valence electrons. The Bertz CT molecular complexity index is 645. The maximum Gasteiger partial charge on any atom is 0.0611 e. The second-order valence-electron chi connectivity index (χ2n) is 12.7. The van der Waals surface area contributed by atoms with Crippen molar-refractivity contribution in [3.8, 4) is 0 Å². The quantitative estimate of drug-likeness (QED) is 0.377. The summed E-state index contributed by atoms with van der Waals surface area (Å²) in [4.78, 5) is 0. The molecule has 4 fully saturated rings. The first-order valence-corrected chi connectivity index (χ1v) is 13.1. The van der Waals surface area contributed by atoms with Gasteiger partial charge in [-0.15, -0.1) is 0 Å². The second-order valence-corrected chi connectivity index (χ2v) is 12.7. The van der Waals surface area contributed by atoms with Crippen molar-refractivity contribution in [3.63, 3.8) is 0 Å². The summed E-state index contributed by atoms with van der Waals surface area (Å²) in [6.07, 6.45) is 13.2. The number of nitrogens with zero attached hydrogens (tertiary/aromatic N) is 1. The minimum atomic E-state index is -0.215. The predicted molar refractivity (Wildman–Crippen MR) is 124 cm³/mol. The molecule has 0 saturated heterocycles. The highest BCUT2D eigenvalue weighted by Crippen LogP contribution is 2.68. The molecule has 30 heavy (non-hydrogen) atoms. The highest BCUT2D eigenvalue weighted by atomic mass is 16.4. The average molecular weight is 418 g/mol. The molecule has 0 bridgehead atoms. The third kappa shape index (κ3) is 3.65. The Labute approximate surface area is 185 Å². The average Bonchev–Trinajstić information content (AvgIpc) is 3.05. The van der Waals surface area contributed by atoms with Crippen molar-refractivity contribution >= 4 is 5.71 Å². The fraction of sp³-hybridized carbons (Fsp3) is 0.963. The van der Waals surface area contributed by atoms with Gasteiger partial charge < -0.3 is 10.3 Å².